The minimum absolute atomic E-state index is 0.245. The van der Waals surface area contributed by atoms with E-state index in [0.29, 0.717) is 19.2 Å². The van der Waals surface area contributed by atoms with Crippen LogP contribution in [-0.4, -0.2) is 30.8 Å². The van der Waals surface area contributed by atoms with Crippen molar-refractivity contribution in [2.75, 3.05) is 18.1 Å². The lowest BCUT2D eigenvalue weighted by Gasteiger charge is -2.46. The van der Waals surface area contributed by atoms with E-state index in [0.717, 1.165) is 42.9 Å². The highest BCUT2D eigenvalue weighted by atomic mass is 16.5. The maximum Gasteiger partial charge on any atom is 0.220 e. The molecule has 0 amide bonds. The van der Waals surface area contributed by atoms with Crippen LogP contribution in [0.25, 0.3) is 0 Å². The SMILES string of the molecule is CCOc1ccc(OCC)c(N2C(N)=NC(N)=NC23CCCCC3)c1. The van der Waals surface area contributed by atoms with Crippen molar-refractivity contribution in [2.45, 2.75) is 51.6 Å². The molecule has 1 aliphatic heterocycles. The number of benzene rings is 1. The smallest absolute Gasteiger partial charge is 0.220 e. The molecule has 1 fully saturated rings. The predicted octanol–water partition coefficient (Wildman–Crippen LogP) is 2.59. The average molecular weight is 345 g/mol. The second-order valence-corrected chi connectivity index (χ2v) is 6.31. The standard InChI is InChI=1S/C18H27N5O2/c1-3-24-13-8-9-15(25-4-2)14(12-13)23-17(20)21-16(19)22-18(23)10-6-5-7-11-18/h8-9,12H,3-7,10-11H2,1-2H3,(H4,19,20,21,22). The zero-order chi connectivity index (χ0) is 17.9. The molecule has 4 N–H and O–H groups in total. The van der Waals surface area contributed by atoms with Gasteiger partial charge in [0.05, 0.1) is 18.9 Å². The van der Waals surface area contributed by atoms with Crippen LogP contribution in [0.1, 0.15) is 46.0 Å². The zero-order valence-electron chi connectivity index (χ0n) is 15.0. The summed E-state index contributed by atoms with van der Waals surface area (Å²) in [6, 6.07) is 5.76. The number of ether oxygens (including phenoxy) is 2. The number of hydrogen-bond donors (Lipinski definition) is 2. The first-order chi connectivity index (χ1) is 12.1. The molecule has 0 saturated heterocycles. The summed E-state index contributed by atoms with van der Waals surface area (Å²) in [6.45, 7) is 5.07. The topological polar surface area (TPSA) is 98.5 Å². The van der Waals surface area contributed by atoms with Crippen LogP contribution in [-0.2, 0) is 0 Å². The highest BCUT2D eigenvalue weighted by molar-refractivity contribution is 6.06. The van der Waals surface area contributed by atoms with Crippen LogP contribution in [0.4, 0.5) is 5.69 Å². The summed E-state index contributed by atoms with van der Waals surface area (Å²) in [5, 5.41) is 0. The van der Waals surface area contributed by atoms with Crippen molar-refractivity contribution in [3.8, 4) is 11.5 Å². The van der Waals surface area contributed by atoms with E-state index >= 15 is 0 Å². The lowest BCUT2D eigenvalue weighted by Crippen LogP contribution is -2.58. The van der Waals surface area contributed by atoms with Gasteiger partial charge in [-0.25, -0.2) is 4.99 Å². The molecule has 1 aliphatic carbocycles. The number of guanidine groups is 2. The molecule has 7 nitrogen and oxygen atoms in total. The van der Waals surface area contributed by atoms with E-state index in [1.165, 1.54) is 6.42 Å². The molecule has 2 aliphatic rings. The third-order valence-corrected chi connectivity index (χ3v) is 4.63. The van der Waals surface area contributed by atoms with E-state index in [1.807, 2.05) is 36.9 Å². The van der Waals surface area contributed by atoms with E-state index in [-0.39, 0.29) is 5.96 Å². The quantitative estimate of drug-likeness (QED) is 0.854. The van der Waals surface area contributed by atoms with Crippen molar-refractivity contribution in [1.82, 2.24) is 0 Å². The van der Waals surface area contributed by atoms with Gasteiger partial charge in [0.1, 0.15) is 17.2 Å². The van der Waals surface area contributed by atoms with Crippen LogP contribution >= 0.6 is 0 Å². The highest BCUT2D eigenvalue weighted by Gasteiger charge is 2.43. The fourth-order valence-corrected chi connectivity index (χ4v) is 3.68. The molecule has 0 atom stereocenters. The van der Waals surface area contributed by atoms with Gasteiger partial charge in [0.15, 0.2) is 0 Å². The average Bonchev–Trinajstić information content (AvgIpc) is 2.57. The molecule has 1 aromatic carbocycles. The van der Waals surface area contributed by atoms with E-state index in [4.69, 9.17) is 25.9 Å². The summed E-state index contributed by atoms with van der Waals surface area (Å²) in [4.78, 5) is 10.9. The van der Waals surface area contributed by atoms with E-state index < -0.39 is 5.66 Å². The van der Waals surface area contributed by atoms with E-state index in [1.54, 1.807) is 0 Å². The summed E-state index contributed by atoms with van der Waals surface area (Å²) >= 11 is 0. The third kappa shape index (κ3) is 3.36. The van der Waals surface area contributed by atoms with Gasteiger partial charge in [0, 0.05) is 6.07 Å². The maximum absolute atomic E-state index is 6.31. The van der Waals surface area contributed by atoms with Crippen molar-refractivity contribution >= 4 is 17.6 Å². The van der Waals surface area contributed by atoms with Gasteiger partial charge < -0.3 is 20.9 Å². The first-order valence-corrected chi connectivity index (χ1v) is 8.99. The third-order valence-electron chi connectivity index (χ3n) is 4.63. The molecule has 0 aromatic heterocycles. The Morgan fingerprint density at radius 2 is 1.80 bits per heavy atom. The van der Waals surface area contributed by atoms with Crippen LogP contribution in [0.3, 0.4) is 0 Å². The lowest BCUT2D eigenvalue weighted by molar-refractivity contribution is 0.297. The predicted molar refractivity (Wildman–Crippen MR) is 100 cm³/mol. The fraction of sp³-hybridized carbons (Fsp3) is 0.556. The van der Waals surface area contributed by atoms with Crippen molar-refractivity contribution < 1.29 is 9.47 Å². The molecular formula is C18H27N5O2. The van der Waals surface area contributed by atoms with Crippen LogP contribution in [0.2, 0.25) is 0 Å². The Hall–Kier alpha value is -2.44. The number of nitrogens with two attached hydrogens (primary N) is 2. The molecule has 7 heteroatoms. The van der Waals surface area contributed by atoms with Gasteiger partial charge in [-0.3, -0.25) is 4.90 Å². The lowest BCUT2D eigenvalue weighted by atomic mass is 9.87. The number of anilines is 1. The van der Waals surface area contributed by atoms with Gasteiger partial charge in [-0.15, -0.1) is 0 Å². The minimum atomic E-state index is -0.495. The van der Waals surface area contributed by atoms with E-state index in [2.05, 4.69) is 4.99 Å². The fourth-order valence-electron chi connectivity index (χ4n) is 3.68. The van der Waals surface area contributed by atoms with Crippen LogP contribution in [0.5, 0.6) is 11.5 Å². The molecule has 25 heavy (non-hydrogen) atoms. The Morgan fingerprint density at radius 1 is 1.08 bits per heavy atom. The first-order valence-electron chi connectivity index (χ1n) is 8.99. The molecule has 136 valence electrons. The summed E-state index contributed by atoms with van der Waals surface area (Å²) < 4.78 is 11.5. The number of nitrogens with zero attached hydrogens (tertiary/aromatic N) is 3. The number of hydrogen-bond acceptors (Lipinski definition) is 7. The van der Waals surface area contributed by atoms with E-state index in [9.17, 15) is 0 Å². The van der Waals surface area contributed by atoms with Crippen molar-refractivity contribution in [3.05, 3.63) is 18.2 Å². The van der Waals surface area contributed by atoms with Crippen LogP contribution < -0.4 is 25.8 Å². The maximum atomic E-state index is 6.31. The second-order valence-electron chi connectivity index (χ2n) is 6.31. The molecule has 3 rings (SSSR count). The Balaban J connectivity index is 2.10. The Morgan fingerprint density at radius 3 is 2.48 bits per heavy atom. The molecule has 1 saturated carbocycles. The molecule has 0 radical (unpaired) electrons. The monoisotopic (exact) mass is 345 g/mol. The van der Waals surface area contributed by atoms with Gasteiger partial charge in [-0.1, -0.05) is 6.42 Å². The molecule has 1 spiro atoms. The van der Waals surface area contributed by atoms with Gasteiger partial charge in [-0.05, 0) is 51.7 Å². The summed E-state index contributed by atoms with van der Waals surface area (Å²) in [5.41, 5.74) is 12.6. The highest BCUT2D eigenvalue weighted by Crippen LogP contribution is 2.43. The number of rotatable bonds is 5. The second kappa shape index (κ2) is 7.21. The largest absolute Gasteiger partial charge is 0.494 e. The normalized spacial score (nSPS) is 19.4. The Labute approximate surface area is 148 Å². The van der Waals surface area contributed by atoms with Crippen molar-refractivity contribution in [1.29, 1.82) is 0 Å². The van der Waals surface area contributed by atoms with Gasteiger partial charge >= 0.3 is 0 Å². The van der Waals surface area contributed by atoms with Gasteiger partial charge in [0.2, 0.25) is 11.9 Å². The molecule has 0 unspecified atom stereocenters. The minimum Gasteiger partial charge on any atom is -0.494 e. The first kappa shape index (κ1) is 17.4. The summed E-state index contributed by atoms with van der Waals surface area (Å²) in [6.07, 6.45) is 5.12. The van der Waals surface area contributed by atoms with Crippen molar-refractivity contribution in [2.24, 2.45) is 21.5 Å². The molecule has 1 aromatic rings. The molecule has 1 heterocycles. The van der Waals surface area contributed by atoms with Gasteiger partial charge in [0.25, 0.3) is 0 Å². The summed E-state index contributed by atoms with van der Waals surface area (Å²) in [7, 11) is 0. The molecule has 0 bridgehead atoms. The van der Waals surface area contributed by atoms with Crippen molar-refractivity contribution in [3.63, 3.8) is 0 Å². The zero-order valence-corrected chi connectivity index (χ0v) is 15.0. The summed E-state index contributed by atoms with van der Waals surface area (Å²) in [5.74, 6) is 2.10. The van der Waals surface area contributed by atoms with Crippen LogP contribution in [0, 0.1) is 0 Å². The van der Waals surface area contributed by atoms with Crippen LogP contribution in [0.15, 0.2) is 28.2 Å². The molecular weight excluding hydrogens is 318 g/mol. The number of aliphatic imine (C=N–C) groups is 2. The van der Waals surface area contributed by atoms with Gasteiger partial charge in [-0.2, -0.15) is 4.99 Å². The Kier molecular flexibility index (Phi) is 5.01. The Bertz CT molecular complexity index is 680.